The van der Waals surface area contributed by atoms with Gasteiger partial charge in [0.05, 0.1) is 0 Å². The van der Waals surface area contributed by atoms with Crippen LogP contribution in [0.4, 0.5) is 4.39 Å². The molecule has 0 saturated heterocycles. The molecule has 0 aromatic heterocycles. The van der Waals surface area contributed by atoms with E-state index in [4.69, 9.17) is 0 Å². The summed E-state index contributed by atoms with van der Waals surface area (Å²) in [4.78, 5) is 12.2. The summed E-state index contributed by atoms with van der Waals surface area (Å²) in [7, 11) is 0. The normalized spacial score (nSPS) is 11.1. The van der Waals surface area contributed by atoms with Crippen LogP contribution in [0.1, 0.15) is 16.7 Å². The van der Waals surface area contributed by atoms with Crippen molar-refractivity contribution in [1.29, 1.82) is 0 Å². The lowest BCUT2D eigenvalue weighted by molar-refractivity contribution is -0.132. The van der Waals surface area contributed by atoms with Gasteiger partial charge < -0.3 is 0 Å². The van der Waals surface area contributed by atoms with Crippen molar-refractivity contribution in [3.05, 3.63) is 108 Å². The third kappa shape index (κ3) is 2.23. The predicted molar refractivity (Wildman–Crippen MR) is 85.3 cm³/mol. The van der Waals surface area contributed by atoms with Gasteiger partial charge in [-0.05, 0) is 16.7 Å². The molecule has 0 aliphatic rings. The van der Waals surface area contributed by atoms with E-state index in [2.05, 4.69) is 0 Å². The minimum absolute atomic E-state index is 0.625. The van der Waals surface area contributed by atoms with Gasteiger partial charge in [0, 0.05) is 0 Å². The zero-order chi connectivity index (χ0) is 15.4. The van der Waals surface area contributed by atoms with Crippen LogP contribution in [0.25, 0.3) is 0 Å². The summed E-state index contributed by atoms with van der Waals surface area (Å²) in [6.07, 6.45) is 0. The summed E-state index contributed by atoms with van der Waals surface area (Å²) in [5, 5.41) is 0. The smallest absolute Gasteiger partial charge is 0.259 e. The Balaban J connectivity index is 2.37. The van der Waals surface area contributed by atoms with Crippen molar-refractivity contribution in [3.63, 3.8) is 0 Å². The Morgan fingerprint density at radius 3 is 1.09 bits per heavy atom. The van der Waals surface area contributed by atoms with Gasteiger partial charge in [-0.1, -0.05) is 91.0 Å². The van der Waals surface area contributed by atoms with Crippen LogP contribution in [0.3, 0.4) is 0 Å². The standard InChI is InChI=1S/C20H15FO/c21-19(22)20(16-10-4-1-5-11-16,17-12-6-2-7-13-17)18-14-8-3-9-15-18/h1-15H. The first-order chi connectivity index (χ1) is 10.8. The van der Waals surface area contributed by atoms with Crippen LogP contribution in [0.5, 0.6) is 0 Å². The van der Waals surface area contributed by atoms with Crippen molar-refractivity contribution in [2.24, 2.45) is 0 Å². The van der Waals surface area contributed by atoms with Gasteiger partial charge in [-0.15, -0.1) is 0 Å². The number of hydrogen-bond acceptors (Lipinski definition) is 1. The van der Waals surface area contributed by atoms with Gasteiger partial charge in [0.15, 0.2) is 0 Å². The molecule has 2 heteroatoms. The first-order valence-corrected chi connectivity index (χ1v) is 7.13. The first-order valence-electron chi connectivity index (χ1n) is 7.13. The van der Waals surface area contributed by atoms with Gasteiger partial charge in [-0.25, -0.2) is 0 Å². The molecule has 0 N–H and O–H groups in total. The summed E-state index contributed by atoms with van der Waals surface area (Å²) < 4.78 is 14.4. The summed E-state index contributed by atoms with van der Waals surface area (Å²) in [5.41, 5.74) is 0.448. The van der Waals surface area contributed by atoms with E-state index < -0.39 is 11.5 Å². The monoisotopic (exact) mass is 290 g/mol. The Labute approximate surface area is 129 Å². The van der Waals surface area contributed by atoms with Crippen LogP contribution in [0, 0.1) is 0 Å². The fourth-order valence-corrected chi connectivity index (χ4v) is 2.90. The summed E-state index contributed by atoms with van der Waals surface area (Å²) in [6, 6.07) is 25.8. The predicted octanol–water partition coefficient (Wildman–Crippen LogP) is 4.52. The van der Waals surface area contributed by atoms with Crippen LogP contribution in [0.2, 0.25) is 0 Å². The maximum atomic E-state index is 14.4. The minimum atomic E-state index is -1.43. The number of benzene rings is 3. The third-order valence-electron chi connectivity index (χ3n) is 3.92. The van der Waals surface area contributed by atoms with Crippen LogP contribution in [0.15, 0.2) is 91.0 Å². The molecule has 3 aromatic rings. The van der Waals surface area contributed by atoms with Crippen molar-refractivity contribution in [1.82, 2.24) is 0 Å². The zero-order valence-electron chi connectivity index (χ0n) is 11.9. The highest BCUT2D eigenvalue weighted by Gasteiger charge is 2.44. The second-order valence-electron chi connectivity index (χ2n) is 5.12. The largest absolute Gasteiger partial charge is 0.320 e. The van der Waals surface area contributed by atoms with E-state index in [-0.39, 0.29) is 0 Å². The highest BCUT2D eigenvalue weighted by Crippen LogP contribution is 2.40. The number of rotatable bonds is 4. The molecule has 0 unspecified atom stereocenters. The molecule has 0 bridgehead atoms. The third-order valence-corrected chi connectivity index (χ3v) is 3.92. The van der Waals surface area contributed by atoms with Gasteiger partial charge >= 0.3 is 6.04 Å². The molecule has 0 atom stereocenters. The van der Waals surface area contributed by atoms with Gasteiger partial charge in [0.25, 0.3) is 0 Å². The highest BCUT2D eigenvalue weighted by atomic mass is 19.1. The lowest BCUT2D eigenvalue weighted by Crippen LogP contribution is -2.36. The zero-order valence-corrected chi connectivity index (χ0v) is 11.9. The number of carbonyl (C=O) groups excluding carboxylic acids is 1. The lowest BCUT2D eigenvalue weighted by Gasteiger charge is -2.31. The van der Waals surface area contributed by atoms with Gasteiger partial charge in [0.1, 0.15) is 5.41 Å². The van der Waals surface area contributed by atoms with E-state index in [0.29, 0.717) is 16.7 Å². The van der Waals surface area contributed by atoms with Gasteiger partial charge in [-0.3, -0.25) is 4.79 Å². The molecular formula is C20H15FO. The molecule has 0 aliphatic heterocycles. The average molecular weight is 290 g/mol. The Morgan fingerprint density at radius 2 is 0.864 bits per heavy atom. The van der Waals surface area contributed by atoms with Crippen LogP contribution in [-0.2, 0) is 10.2 Å². The maximum Gasteiger partial charge on any atom is 0.320 e. The second-order valence-corrected chi connectivity index (χ2v) is 5.12. The molecule has 3 aromatic carbocycles. The summed E-state index contributed by atoms with van der Waals surface area (Å²) in [6.45, 7) is 0. The molecule has 0 fully saturated rings. The van der Waals surface area contributed by atoms with Crippen molar-refractivity contribution < 1.29 is 9.18 Å². The Morgan fingerprint density at radius 1 is 0.591 bits per heavy atom. The average Bonchev–Trinajstić information content (AvgIpc) is 2.58. The number of hydrogen-bond donors (Lipinski definition) is 0. The molecule has 0 radical (unpaired) electrons. The molecule has 0 saturated carbocycles. The Hall–Kier alpha value is -2.74. The quantitative estimate of drug-likeness (QED) is 0.510. The molecule has 0 heterocycles. The van der Waals surface area contributed by atoms with Crippen LogP contribution in [-0.4, -0.2) is 6.04 Å². The summed E-state index contributed by atoms with van der Waals surface area (Å²) in [5.74, 6) is 0. The van der Waals surface area contributed by atoms with Crippen molar-refractivity contribution in [2.45, 2.75) is 5.41 Å². The molecule has 0 spiro atoms. The number of halogens is 1. The van der Waals surface area contributed by atoms with E-state index in [1.807, 2.05) is 54.6 Å². The van der Waals surface area contributed by atoms with Crippen LogP contribution >= 0.6 is 0 Å². The molecule has 0 aliphatic carbocycles. The topological polar surface area (TPSA) is 17.1 Å². The minimum Gasteiger partial charge on any atom is -0.259 e. The summed E-state index contributed by atoms with van der Waals surface area (Å²) >= 11 is 0. The van der Waals surface area contributed by atoms with Gasteiger partial charge in [0.2, 0.25) is 0 Å². The second kappa shape index (κ2) is 5.94. The van der Waals surface area contributed by atoms with E-state index >= 15 is 0 Å². The van der Waals surface area contributed by atoms with Crippen molar-refractivity contribution >= 4 is 6.04 Å². The molecular weight excluding hydrogens is 275 g/mol. The van der Waals surface area contributed by atoms with E-state index in [1.54, 1.807) is 36.4 Å². The van der Waals surface area contributed by atoms with E-state index in [0.717, 1.165) is 0 Å². The first kappa shape index (κ1) is 14.2. The van der Waals surface area contributed by atoms with Crippen LogP contribution < -0.4 is 0 Å². The van der Waals surface area contributed by atoms with Crippen molar-refractivity contribution in [2.75, 3.05) is 0 Å². The molecule has 1 nitrogen and oxygen atoms in total. The molecule has 22 heavy (non-hydrogen) atoms. The molecule has 108 valence electrons. The molecule has 0 amide bonds. The van der Waals surface area contributed by atoms with E-state index in [1.165, 1.54) is 0 Å². The lowest BCUT2D eigenvalue weighted by atomic mass is 9.70. The van der Waals surface area contributed by atoms with Crippen molar-refractivity contribution in [3.8, 4) is 0 Å². The van der Waals surface area contributed by atoms with Gasteiger partial charge in [-0.2, -0.15) is 4.39 Å². The highest BCUT2D eigenvalue weighted by molar-refractivity contribution is 5.91. The number of carbonyl (C=O) groups is 1. The SMILES string of the molecule is O=C(F)C(c1ccccc1)(c1ccccc1)c1ccccc1. The maximum absolute atomic E-state index is 14.4. The van der Waals surface area contributed by atoms with E-state index in [9.17, 15) is 9.18 Å². The molecule has 3 rings (SSSR count). The Bertz CT molecular complexity index is 655. The fourth-order valence-electron chi connectivity index (χ4n) is 2.90. The fraction of sp³-hybridized carbons (Fsp3) is 0.0500. The Kier molecular flexibility index (Phi) is 3.84.